The number of benzene rings is 3. The predicted molar refractivity (Wildman–Crippen MR) is 129 cm³/mol. The second-order valence-electron chi connectivity index (χ2n) is 7.38. The summed E-state index contributed by atoms with van der Waals surface area (Å²) in [5.41, 5.74) is 3.32. The molecule has 0 aliphatic heterocycles. The summed E-state index contributed by atoms with van der Waals surface area (Å²) in [6.07, 6.45) is 2.38. The molecular formula is C27H24N2O5. The molecule has 0 bridgehead atoms. The lowest BCUT2D eigenvalue weighted by Gasteiger charge is -2.12. The second-order valence-corrected chi connectivity index (χ2v) is 7.38. The first-order valence-electron chi connectivity index (χ1n) is 10.6. The maximum absolute atomic E-state index is 12.6. The fourth-order valence-corrected chi connectivity index (χ4v) is 3.14. The molecule has 0 heterocycles. The summed E-state index contributed by atoms with van der Waals surface area (Å²) in [4.78, 5) is 23.5. The maximum atomic E-state index is 12.6. The van der Waals surface area contributed by atoms with Gasteiger partial charge in [-0.25, -0.2) is 4.79 Å². The van der Waals surface area contributed by atoms with E-state index in [1.54, 1.807) is 42.5 Å². The van der Waals surface area contributed by atoms with Crippen molar-refractivity contribution in [3.05, 3.63) is 94.6 Å². The number of aryl methyl sites for hydroxylation is 1. The lowest BCUT2D eigenvalue weighted by molar-refractivity contribution is -0.112. The molecule has 172 valence electrons. The van der Waals surface area contributed by atoms with Gasteiger partial charge in [-0.3, -0.25) is 4.79 Å². The number of hydrogen-bond donors (Lipinski definition) is 2. The van der Waals surface area contributed by atoms with E-state index in [1.165, 1.54) is 25.3 Å². The molecule has 0 atom stereocenters. The number of carbonyl (C=O) groups is 2. The minimum atomic E-state index is -0.988. The third kappa shape index (κ3) is 6.24. The molecule has 0 radical (unpaired) electrons. The summed E-state index contributed by atoms with van der Waals surface area (Å²) >= 11 is 0. The Morgan fingerprint density at radius 1 is 1.00 bits per heavy atom. The number of rotatable bonds is 9. The number of anilines is 1. The van der Waals surface area contributed by atoms with E-state index in [-0.39, 0.29) is 17.7 Å². The van der Waals surface area contributed by atoms with Crippen LogP contribution in [0.2, 0.25) is 0 Å². The van der Waals surface area contributed by atoms with E-state index in [0.717, 1.165) is 17.5 Å². The summed E-state index contributed by atoms with van der Waals surface area (Å²) < 4.78 is 11.2. The van der Waals surface area contributed by atoms with Crippen molar-refractivity contribution in [2.75, 3.05) is 12.4 Å². The van der Waals surface area contributed by atoms with Gasteiger partial charge in [-0.2, -0.15) is 5.26 Å². The van der Waals surface area contributed by atoms with Crippen LogP contribution in [0, 0.1) is 11.3 Å². The number of methoxy groups -OCH3 is 1. The van der Waals surface area contributed by atoms with Crippen molar-refractivity contribution in [1.82, 2.24) is 0 Å². The lowest BCUT2D eigenvalue weighted by Crippen LogP contribution is -2.13. The number of ether oxygens (including phenoxy) is 2. The van der Waals surface area contributed by atoms with Gasteiger partial charge < -0.3 is 19.9 Å². The van der Waals surface area contributed by atoms with Crippen molar-refractivity contribution in [3.8, 4) is 17.6 Å². The van der Waals surface area contributed by atoms with E-state index >= 15 is 0 Å². The monoisotopic (exact) mass is 456 g/mol. The van der Waals surface area contributed by atoms with Crippen LogP contribution >= 0.6 is 0 Å². The summed E-state index contributed by atoms with van der Waals surface area (Å²) in [5, 5.41) is 21.2. The van der Waals surface area contributed by atoms with E-state index in [0.29, 0.717) is 22.7 Å². The smallest absolute Gasteiger partial charge is 0.335 e. The molecule has 0 fully saturated rings. The van der Waals surface area contributed by atoms with Crippen molar-refractivity contribution >= 4 is 23.6 Å². The van der Waals surface area contributed by atoms with Crippen LogP contribution in [0.1, 0.15) is 34.0 Å². The molecule has 0 spiro atoms. The molecule has 1 amide bonds. The summed E-state index contributed by atoms with van der Waals surface area (Å²) in [6, 6.07) is 20.9. The molecule has 2 N–H and O–H groups in total. The Morgan fingerprint density at radius 3 is 2.26 bits per heavy atom. The van der Waals surface area contributed by atoms with E-state index in [2.05, 4.69) is 5.32 Å². The Kier molecular flexibility index (Phi) is 8.03. The van der Waals surface area contributed by atoms with Crippen molar-refractivity contribution in [2.24, 2.45) is 0 Å². The average Bonchev–Trinajstić information content (AvgIpc) is 2.86. The van der Waals surface area contributed by atoms with Crippen molar-refractivity contribution in [1.29, 1.82) is 5.26 Å². The number of amides is 1. The van der Waals surface area contributed by atoms with Crippen LogP contribution in [0.25, 0.3) is 6.08 Å². The molecule has 3 aromatic rings. The number of carboxylic acids is 1. The fourth-order valence-electron chi connectivity index (χ4n) is 3.14. The van der Waals surface area contributed by atoms with Gasteiger partial charge in [0.1, 0.15) is 18.2 Å². The number of carboxylic acid groups (broad SMARTS) is 1. The molecule has 7 heteroatoms. The van der Waals surface area contributed by atoms with Gasteiger partial charge in [0, 0.05) is 5.69 Å². The summed E-state index contributed by atoms with van der Waals surface area (Å²) in [6.45, 7) is 2.27. The fraction of sp³-hybridized carbons (Fsp3) is 0.148. The first kappa shape index (κ1) is 24.1. The zero-order valence-corrected chi connectivity index (χ0v) is 18.9. The first-order valence-corrected chi connectivity index (χ1v) is 10.6. The Bertz CT molecular complexity index is 1240. The SMILES string of the molecule is CCc1ccc(NC(=O)C(C#N)=Cc2ccc(OCc3ccc(C(=O)O)cc3)c(OC)c2)cc1. The standard InChI is InChI=1S/C27H24N2O5/c1-3-18-6-11-23(12-7-18)29-26(30)22(16-28)14-20-8-13-24(25(15-20)33-2)34-17-19-4-9-21(10-5-19)27(31)32/h4-15H,3,17H2,1-2H3,(H,29,30)(H,31,32). The van der Waals surface area contributed by atoms with Gasteiger partial charge in [-0.15, -0.1) is 0 Å². The predicted octanol–water partition coefficient (Wildman–Crippen LogP) is 5.08. The average molecular weight is 456 g/mol. The summed E-state index contributed by atoms with van der Waals surface area (Å²) in [7, 11) is 1.50. The van der Waals surface area contributed by atoms with Crippen LogP contribution in [0.15, 0.2) is 72.3 Å². The van der Waals surface area contributed by atoms with Gasteiger partial charge in [0.15, 0.2) is 11.5 Å². The lowest BCUT2D eigenvalue weighted by atomic mass is 10.1. The van der Waals surface area contributed by atoms with Crippen LogP contribution in [0.4, 0.5) is 5.69 Å². The zero-order valence-electron chi connectivity index (χ0n) is 18.9. The summed E-state index contributed by atoms with van der Waals surface area (Å²) in [5.74, 6) is -0.585. The molecule has 3 aromatic carbocycles. The van der Waals surface area contributed by atoms with Gasteiger partial charge in [-0.05, 0) is 65.6 Å². The molecule has 3 rings (SSSR count). The van der Waals surface area contributed by atoms with Crippen molar-refractivity contribution in [3.63, 3.8) is 0 Å². The molecule has 0 aliphatic carbocycles. The quantitative estimate of drug-likeness (QED) is 0.343. The van der Waals surface area contributed by atoms with Crippen LogP contribution in [-0.4, -0.2) is 24.1 Å². The molecule has 0 aromatic heterocycles. The number of nitriles is 1. The van der Waals surface area contributed by atoms with Crippen molar-refractivity contribution in [2.45, 2.75) is 20.0 Å². The number of nitrogens with one attached hydrogen (secondary N) is 1. The molecule has 0 saturated heterocycles. The van der Waals surface area contributed by atoms with Gasteiger partial charge in [0.05, 0.1) is 12.7 Å². The van der Waals surface area contributed by atoms with Crippen molar-refractivity contribution < 1.29 is 24.2 Å². The molecular weight excluding hydrogens is 432 g/mol. The number of hydrogen-bond acceptors (Lipinski definition) is 5. The third-order valence-electron chi connectivity index (χ3n) is 5.08. The molecule has 0 unspecified atom stereocenters. The molecule has 0 aliphatic rings. The Morgan fingerprint density at radius 2 is 1.68 bits per heavy atom. The minimum absolute atomic E-state index is 0.0474. The van der Waals surface area contributed by atoms with Crippen LogP contribution in [-0.2, 0) is 17.8 Å². The normalized spacial score (nSPS) is 10.8. The molecule has 34 heavy (non-hydrogen) atoms. The maximum Gasteiger partial charge on any atom is 0.335 e. The van der Waals surface area contributed by atoms with Gasteiger partial charge >= 0.3 is 5.97 Å². The Balaban J connectivity index is 1.71. The third-order valence-corrected chi connectivity index (χ3v) is 5.08. The van der Waals surface area contributed by atoms with Crippen LogP contribution in [0.5, 0.6) is 11.5 Å². The second kappa shape index (κ2) is 11.3. The van der Waals surface area contributed by atoms with Gasteiger partial charge in [0.2, 0.25) is 0 Å². The highest BCUT2D eigenvalue weighted by molar-refractivity contribution is 6.09. The largest absolute Gasteiger partial charge is 0.493 e. The van der Waals surface area contributed by atoms with E-state index in [9.17, 15) is 14.9 Å². The number of aromatic carboxylic acids is 1. The highest BCUT2D eigenvalue weighted by Crippen LogP contribution is 2.30. The minimum Gasteiger partial charge on any atom is -0.493 e. The highest BCUT2D eigenvalue weighted by atomic mass is 16.5. The van der Waals surface area contributed by atoms with E-state index < -0.39 is 11.9 Å². The molecule has 0 saturated carbocycles. The molecule has 7 nitrogen and oxygen atoms in total. The first-order chi connectivity index (χ1) is 16.4. The topological polar surface area (TPSA) is 109 Å². The van der Waals surface area contributed by atoms with Crippen LogP contribution in [0.3, 0.4) is 0 Å². The van der Waals surface area contributed by atoms with E-state index in [1.807, 2.05) is 25.1 Å². The zero-order chi connectivity index (χ0) is 24.5. The van der Waals surface area contributed by atoms with Gasteiger partial charge in [0.25, 0.3) is 5.91 Å². The van der Waals surface area contributed by atoms with Gasteiger partial charge in [-0.1, -0.05) is 37.3 Å². The van der Waals surface area contributed by atoms with Crippen LogP contribution < -0.4 is 14.8 Å². The Labute approximate surface area is 197 Å². The Hall–Kier alpha value is -4.57. The highest BCUT2D eigenvalue weighted by Gasteiger charge is 2.12. The number of carbonyl (C=O) groups excluding carboxylic acids is 1. The van der Waals surface area contributed by atoms with E-state index in [4.69, 9.17) is 14.6 Å². The number of nitrogens with zero attached hydrogens (tertiary/aromatic N) is 1.